The zero-order valence-corrected chi connectivity index (χ0v) is 7.89. The lowest BCUT2D eigenvalue weighted by Gasteiger charge is -1.92. The van der Waals surface area contributed by atoms with Crippen LogP contribution in [0.3, 0.4) is 0 Å². The molecule has 6 nitrogen and oxygen atoms in total. The second kappa shape index (κ2) is 5.33. The fraction of sp³-hybridized carbons (Fsp3) is 0.625. The molecule has 1 aromatic heterocycles. The van der Waals surface area contributed by atoms with Gasteiger partial charge in [-0.05, 0) is 6.42 Å². The molecule has 0 unspecified atom stereocenters. The van der Waals surface area contributed by atoms with Crippen molar-refractivity contribution in [3.8, 4) is 0 Å². The highest BCUT2D eigenvalue weighted by molar-refractivity contribution is 5.68. The molecule has 1 N–H and O–H groups in total. The molecule has 0 bridgehead atoms. The van der Waals surface area contributed by atoms with E-state index in [2.05, 4.69) is 10.1 Å². The molecule has 1 rings (SSSR count). The van der Waals surface area contributed by atoms with Crippen molar-refractivity contribution in [1.82, 2.24) is 10.1 Å². The molecule has 0 saturated carbocycles. The maximum absolute atomic E-state index is 10.3. The highest BCUT2D eigenvalue weighted by Crippen LogP contribution is 2.01. The number of aryl methyl sites for hydroxylation is 1. The van der Waals surface area contributed by atoms with Crippen molar-refractivity contribution < 1.29 is 19.2 Å². The summed E-state index contributed by atoms with van der Waals surface area (Å²) >= 11 is 0. The van der Waals surface area contributed by atoms with Gasteiger partial charge in [0.05, 0.1) is 0 Å². The van der Waals surface area contributed by atoms with Gasteiger partial charge < -0.3 is 14.4 Å². The molecule has 0 aliphatic carbocycles. The van der Waals surface area contributed by atoms with Crippen molar-refractivity contribution in [3.63, 3.8) is 0 Å². The van der Waals surface area contributed by atoms with Gasteiger partial charge >= 0.3 is 5.97 Å². The zero-order chi connectivity index (χ0) is 10.4. The Bertz CT molecular complexity index is 297. The predicted molar refractivity (Wildman–Crippen MR) is 45.8 cm³/mol. The minimum atomic E-state index is -0.964. The summed E-state index contributed by atoms with van der Waals surface area (Å²) in [5.41, 5.74) is 0. The largest absolute Gasteiger partial charge is 0.481 e. The number of carboxylic acids is 1. The minimum absolute atomic E-state index is 0.201. The third-order valence-corrected chi connectivity index (χ3v) is 1.56. The smallest absolute Gasteiger partial charge is 0.311 e. The quantitative estimate of drug-likeness (QED) is 0.663. The van der Waals surface area contributed by atoms with Gasteiger partial charge in [-0.15, -0.1) is 0 Å². The molecule has 78 valence electrons. The standard InChI is InChI=1S/C8H12N2O4/c1-13-4-2-3-7-9-6(10-14-7)5-8(11)12/h2-5H2,1H3,(H,11,12). The number of methoxy groups -OCH3 is 1. The highest BCUT2D eigenvalue weighted by atomic mass is 16.5. The van der Waals surface area contributed by atoms with Crippen molar-refractivity contribution in [2.24, 2.45) is 0 Å². The van der Waals surface area contributed by atoms with Gasteiger partial charge in [0.25, 0.3) is 0 Å². The van der Waals surface area contributed by atoms with Gasteiger partial charge in [-0.25, -0.2) is 0 Å². The monoisotopic (exact) mass is 200 g/mol. The number of rotatable bonds is 6. The summed E-state index contributed by atoms with van der Waals surface area (Å²) < 4.78 is 9.68. The van der Waals surface area contributed by atoms with Crippen molar-refractivity contribution in [1.29, 1.82) is 0 Å². The van der Waals surface area contributed by atoms with Crippen LogP contribution in [0.5, 0.6) is 0 Å². The van der Waals surface area contributed by atoms with E-state index >= 15 is 0 Å². The van der Waals surface area contributed by atoms with E-state index in [4.69, 9.17) is 14.4 Å². The number of hydrogen-bond donors (Lipinski definition) is 1. The van der Waals surface area contributed by atoms with E-state index in [-0.39, 0.29) is 12.2 Å². The van der Waals surface area contributed by atoms with E-state index < -0.39 is 5.97 Å². The Labute approximate surface area is 80.9 Å². The summed E-state index contributed by atoms with van der Waals surface area (Å²) in [6.07, 6.45) is 1.19. The molecule has 0 fully saturated rings. The van der Waals surface area contributed by atoms with Crippen LogP contribution in [-0.4, -0.2) is 34.9 Å². The van der Waals surface area contributed by atoms with Crippen LogP contribution in [-0.2, 0) is 22.4 Å². The molecule has 0 aliphatic heterocycles. The number of carboxylic acid groups (broad SMARTS) is 1. The number of ether oxygens (including phenoxy) is 1. The lowest BCUT2D eigenvalue weighted by molar-refractivity contribution is -0.136. The van der Waals surface area contributed by atoms with Gasteiger partial charge in [0.15, 0.2) is 5.82 Å². The first-order valence-corrected chi connectivity index (χ1v) is 4.24. The van der Waals surface area contributed by atoms with E-state index in [1.165, 1.54) is 0 Å². The Morgan fingerprint density at radius 2 is 2.43 bits per heavy atom. The molecule has 6 heteroatoms. The lowest BCUT2D eigenvalue weighted by Crippen LogP contribution is -2.01. The SMILES string of the molecule is COCCCc1nc(CC(=O)O)no1. The average Bonchev–Trinajstić information content (AvgIpc) is 2.52. The van der Waals surface area contributed by atoms with Crippen LogP contribution in [0.25, 0.3) is 0 Å². The third kappa shape index (κ3) is 3.53. The van der Waals surface area contributed by atoms with Crippen molar-refractivity contribution in [2.75, 3.05) is 13.7 Å². The third-order valence-electron chi connectivity index (χ3n) is 1.56. The van der Waals surface area contributed by atoms with Gasteiger partial charge in [0.1, 0.15) is 6.42 Å². The van der Waals surface area contributed by atoms with Gasteiger partial charge in [0, 0.05) is 20.1 Å². The molecule has 0 aliphatic rings. The van der Waals surface area contributed by atoms with Crippen LogP contribution >= 0.6 is 0 Å². The number of hydrogen-bond acceptors (Lipinski definition) is 5. The Morgan fingerprint density at radius 3 is 3.07 bits per heavy atom. The molecular formula is C8H12N2O4. The number of carbonyl (C=O) groups is 1. The normalized spacial score (nSPS) is 10.4. The van der Waals surface area contributed by atoms with Gasteiger partial charge in [-0.3, -0.25) is 4.79 Å². The van der Waals surface area contributed by atoms with Crippen LogP contribution in [0.1, 0.15) is 18.1 Å². The fourth-order valence-corrected chi connectivity index (χ4v) is 0.966. The van der Waals surface area contributed by atoms with Gasteiger partial charge in [-0.2, -0.15) is 4.98 Å². The van der Waals surface area contributed by atoms with Crippen LogP contribution in [0, 0.1) is 0 Å². The Balaban J connectivity index is 2.38. The molecule has 0 aromatic carbocycles. The van der Waals surface area contributed by atoms with Crippen LogP contribution in [0.2, 0.25) is 0 Å². The maximum atomic E-state index is 10.3. The molecule has 1 heterocycles. The minimum Gasteiger partial charge on any atom is -0.481 e. The van der Waals surface area contributed by atoms with E-state index in [0.717, 1.165) is 6.42 Å². The summed E-state index contributed by atoms with van der Waals surface area (Å²) in [5.74, 6) is -0.294. The highest BCUT2D eigenvalue weighted by Gasteiger charge is 2.09. The van der Waals surface area contributed by atoms with E-state index in [1.807, 2.05) is 0 Å². The Hall–Kier alpha value is -1.43. The molecule has 14 heavy (non-hydrogen) atoms. The van der Waals surface area contributed by atoms with Gasteiger partial charge in [0.2, 0.25) is 5.89 Å². The van der Waals surface area contributed by atoms with Crippen molar-refractivity contribution in [3.05, 3.63) is 11.7 Å². The Kier molecular flexibility index (Phi) is 4.06. The van der Waals surface area contributed by atoms with E-state index in [1.54, 1.807) is 7.11 Å². The number of aliphatic carboxylic acids is 1. The first-order chi connectivity index (χ1) is 6.72. The van der Waals surface area contributed by atoms with Crippen LogP contribution in [0.15, 0.2) is 4.52 Å². The fourth-order valence-electron chi connectivity index (χ4n) is 0.966. The summed E-state index contributed by atoms with van der Waals surface area (Å²) in [5, 5.41) is 12.0. The molecule has 0 spiro atoms. The Morgan fingerprint density at radius 1 is 1.64 bits per heavy atom. The predicted octanol–water partition coefficient (Wildman–Crippen LogP) is 0.276. The van der Waals surface area contributed by atoms with Crippen LogP contribution in [0.4, 0.5) is 0 Å². The molecule has 0 atom stereocenters. The molecule has 0 amide bonds. The summed E-state index contributed by atoms with van der Waals surface area (Å²) in [7, 11) is 1.61. The zero-order valence-electron chi connectivity index (χ0n) is 7.89. The second-order valence-corrected chi connectivity index (χ2v) is 2.77. The maximum Gasteiger partial charge on any atom is 0.311 e. The topological polar surface area (TPSA) is 85.5 Å². The van der Waals surface area contributed by atoms with Crippen LogP contribution < -0.4 is 0 Å². The summed E-state index contributed by atoms with van der Waals surface area (Å²) in [6.45, 7) is 0.622. The first-order valence-electron chi connectivity index (χ1n) is 4.24. The molecule has 0 saturated heterocycles. The summed E-state index contributed by atoms with van der Waals surface area (Å²) in [4.78, 5) is 14.2. The summed E-state index contributed by atoms with van der Waals surface area (Å²) in [6, 6.07) is 0. The lowest BCUT2D eigenvalue weighted by atomic mass is 10.3. The van der Waals surface area contributed by atoms with Crippen molar-refractivity contribution in [2.45, 2.75) is 19.3 Å². The van der Waals surface area contributed by atoms with E-state index in [0.29, 0.717) is 18.9 Å². The van der Waals surface area contributed by atoms with Crippen molar-refractivity contribution >= 4 is 5.97 Å². The average molecular weight is 200 g/mol. The van der Waals surface area contributed by atoms with Gasteiger partial charge in [-0.1, -0.05) is 5.16 Å². The second-order valence-electron chi connectivity index (χ2n) is 2.77. The number of aromatic nitrogens is 2. The van der Waals surface area contributed by atoms with E-state index in [9.17, 15) is 4.79 Å². The first kappa shape index (κ1) is 10.6. The molecule has 0 radical (unpaired) electrons. The molecule has 1 aromatic rings. The molecular weight excluding hydrogens is 188 g/mol. The number of nitrogens with zero attached hydrogens (tertiary/aromatic N) is 2.